The molecule has 4 aromatic heterocycles. The van der Waals surface area contributed by atoms with Crippen LogP contribution in [0.25, 0.3) is 16.7 Å². The van der Waals surface area contributed by atoms with E-state index in [-0.39, 0.29) is 34.4 Å². The summed E-state index contributed by atoms with van der Waals surface area (Å²) in [5.41, 5.74) is 2.07. The first-order chi connectivity index (χ1) is 16.9. The van der Waals surface area contributed by atoms with Crippen LogP contribution in [0.5, 0.6) is 5.75 Å². The van der Waals surface area contributed by atoms with Crippen LogP contribution in [0.15, 0.2) is 64.0 Å². The van der Waals surface area contributed by atoms with Crippen LogP contribution in [0.1, 0.15) is 27.2 Å². The van der Waals surface area contributed by atoms with E-state index in [0.717, 1.165) is 11.1 Å². The number of pyridine rings is 2. The minimum Gasteiger partial charge on any atom is -0.497 e. The average Bonchev–Trinajstić information content (AvgIpc) is 3.26. The molecule has 1 amide bonds. The third kappa shape index (κ3) is 3.95. The van der Waals surface area contributed by atoms with Gasteiger partial charge in [-0.1, -0.05) is 23.4 Å². The highest BCUT2D eigenvalue weighted by Gasteiger charge is 2.19. The van der Waals surface area contributed by atoms with Crippen molar-refractivity contribution in [2.45, 2.75) is 20.4 Å². The molecule has 35 heavy (non-hydrogen) atoms. The van der Waals surface area contributed by atoms with Gasteiger partial charge in [-0.2, -0.15) is 0 Å². The normalized spacial score (nSPS) is 11.2. The van der Waals surface area contributed by atoms with E-state index < -0.39 is 5.91 Å². The van der Waals surface area contributed by atoms with Crippen LogP contribution in [-0.2, 0) is 6.54 Å². The number of carbonyl (C=O) groups is 1. The van der Waals surface area contributed by atoms with Gasteiger partial charge in [-0.3, -0.25) is 19.4 Å². The minimum absolute atomic E-state index is 0.0122. The summed E-state index contributed by atoms with van der Waals surface area (Å²) in [7, 11) is 1.59. The second-order valence-corrected chi connectivity index (χ2v) is 8.16. The number of methoxy groups -OCH3 is 1. The van der Waals surface area contributed by atoms with Crippen LogP contribution < -0.4 is 21.1 Å². The predicted molar refractivity (Wildman–Crippen MR) is 129 cm³/mol. The van der Waals surface area contributed by atoms with Gasteiger partial charge in [0.15, 0.2) is 5.82 Å². The largest absolute Gasteiger partial charge is 0.497 e. The SMILES string of the molecule is COc1ccc(Cn2c(=N)c(C(=O)Nc3cc(C)on3)cc3c(=O)n4cccc(C)c4nc32)cc1. The van der Waals surface area contributed by atoms with Gasteiger partial charge in [0.25, 0.3) is 11.5 Å². The molecule has 0 aliphatic heterocycles. The monoisotopic (exact) mass is 470 g/mol. The van der Waals surface area contributed by atoms with Gasteiger partial charge in [0.1, 0.15) is 28.3 Å². The average molecular weight is 470 g/mol. The zero-order valence-electron chi connectivity index (χ0n) is 19.3. The molecule has 1 aromatic carbocycles. The molecule has 0 unspecified atom stereocenters. The summed E-state index contributed by atoms with van der Waals surface area (Å²) in [6, 6.07) is 14.0. The van der Waals surface area contributed by atoms with Crippen LogP contribution in [0.4, 0.5) is 5.82 Å². The van der Waals surface area contributed by atoms with Crippen molar-refractivity contribution in [2.24, 2.45) is 0 Å². The van der Waals surface area contributed by atoms with Gasteiger partial charge in [0, 0.05) is 12.3 Å². The van der Waals surface area contributed by atoms with Crippen molar-refractivity contribution >= 4 is 28.4 Å². The summed E-state index contributed by atoms with van der Waals surface area (Å²) in [6.07, 6.45) is 1.64. The summed E-state index contributed by atoms with van der Waals surface area (Å²) in [6.45, 7) is 3.79. The number of fused-ring (bicyclic) bond motifs is 2. The molecule has 176 valence electrons. The molecule has 0 aliphatic carbocycles. The molecule has 0 spiro atoms. The maximum atomic E-state index is 13.4. The maximum Gasteiger partial charge on any atom is 0.267 e. The Morgan fingerprint density at radius 2 is 1.91 bits per heavy atom. The van der Waals surface area contributed by atoms with Crippen molar-refractivity contribution < 1.29 is 14.1 Å². The molecular formula is C25H22N6O4. The number of hydrogen-bond donors (Lipinski definition) is 2. The standard InChI is InChI=1S/C25H22N6O4/c1-14-5-4-10-30-22(14)28-23-19(25(30)33)12-18(24(32)27-20-11-15(2)35-29-20)21(26)31(23)13-16-6-8-17(34-3)9-7-16/h4-12,26H,13H2,1-3H3,(H,27,29,32). The minimum atomic E-state index is -0.581. The highest BCUT2D eigenvalue weighted by Crippen LogP contribution is 2.17. The van der Waals surface area contributed by atoms with Gasteiger partial charge in [0.2, 0.25) is 0 Å². The second kappa shape index (κ2) is 8.56. The van der Waals surface area contributed by atoms with Gasteiger partial charge < -0.3 is 19.1 Å². The molecule has 0 aliphatic rings. The second-order valence-electron chi connectivity index (χ2n) is 8.16. The van der Waals surface area contributed by atoms with Crippen molar-refractivity contribution in [3.8, 4) is 5.75 Å². The van der Waals surface area contributed by atoms with Crippen molar-refractivity contribution in [3.63, 3.8) is 0 Å². The first-order valence-corrected chi connectivity index (χ1v) is 10.8. The van der Waals surface area contributed by atoms with Crippen molar-refractivity contribution in [3.05, 3.63) is 93.0 Å². The number of benzene rings is 1. The van der Waals surface area contributed by atoms with Gasteiger partial charge in [-0.25, -0.2) is 4.98 Å². The highest BCUT2D eigenvalue weighted by atomic mass is 16.5. The molecule has 2 N–H and O–H groups in total. The molecule has 10 heteroatoms. The molecule has 0 radical (unpaired) electrons. The summed E-state index contributed by atoms with van der Waals surface area (Å²) in [5.74, 6) is 0.868. The molecule has 0 fully saturated rings. The quantitative estimate of drug-likeness (QED) is 0.380. The third-order valence-electron chi connectivity index (χ3n) is 5.75. The molecule has 0 bridgehead atoms. The fourth-order valence-corrected chi connectivity index (χ4v) is 3.95. The molecule has 10 nitrogen and oxygen atoms in total. The Labute approximate surface area is 198 Å². The molecule has 0 saturated heterocycles. The smallest absolute Gasteiger partial charge is 0.267 e. The van der Waals surface area contributed by atoms with Crippen LogP contribution in [0, 0.1) is 19.3 Å². The number of rotatable bonds is 5. The molecule has 0 atom stereocenters. The van der Waals surface area contributed by atoms with Gasteiger partial charge in [0.05, 0.1) is 24.6 Å². The fourth-order valence-electron chi connectivity index (χ4n) is 3.95. The van der Waals surface area contributed by atoms with Gasteiger partial charge >= 0.3 is 0 Å². The number of nitrogens with zero attached hydrogens (tertiary/aromatic N) is 4. The lowest BCUT2D eigenvalue weighted by molar-refractivity contribution is 0.102. The fraction of sp³-hybridized carbons (Fsp3) is 0.160. The van der Waals surface area contributed by atoms with Gasteiger partial charge in [-0.05, 0) is 49.2 Å². The van der Waals surface area contributed by atoms with Crippen molar-refractivity contribution in [1.29, 1.82) is 5.41 Å². The van der Waals surface area contributed by atoms with E-state index in [2.05, 4.69) is 10.5 Å². The van der Waals surface area contributed by atoms with E-state index in [1.807, 2.05) is 37.3 Å². The van der Waals surface area contributed by atoms with Crippen LogP contribution in [-0.4, -0.2) is 32.1 Å². The van der Waals surface area contributed by atoms with E-state index in [1.54, 1.807) is 36.9 Å². The lowest BCUT2D eigenvalue weighted by Gasteiger charge is -2.15. The maximum absolute atomic E-state index is 13.4. The highest BCUT2D eigenvalue weighted by molar-refractivity contribution is 6.05. The lowest BCUT2D eigenvalue weighted by Crippen LogP contribution is -2.32. The topological polar surface area (TPSA) is 128 Å². The summed E-state index contributed by atoms with van der Waals surface area (Å²) < 4.78 is 13.3. The number of aryl methyl sites for hydroxylation is 2. The summed E-state index contributed by atoms with van der Waals surface area (Å²) >= 11 is 0. The van der Waals surface area contributed by atoms with Crippen molar-refractivity contribution in [2.75, 3.05) is 12.4 Å². The predicted octanol–water partition coefficient (Wildman–Crippen LogP) is 3.04. The Morgan fingerprint density at radius 3 is 2.60 bits per heavy atom. The van der Waals surface area contributed by atoms with Crippen molar-refractivity contribution in [1.82, 2.24) is 19.1 Å². The Bertz CT molecular complexity index is 1710. The molecular weight excluding hydrogens is 448 g/mol. The Morgan fingerprint density at radius 1 is 1.14 bits per heavy atom. The number of amides is 1. The van der Waals surface area contributed by atoms with Crippen LogP contribution >= 0.6 is 0 Å². The zero-order valence-corrected chi connectivity index (χ0v) is 19.3. The third-order valence-corrected chi connectivity index (χ3v) is 5.75. The lowest BCUT2D eigenvalue weighted by atomic mass is 10.1. The molecule has 4 heterocycles. The molecule has 5 rings (SSSR count). The number of hydrogen-bond acceptors (Lipinski definition) is 7. The first kappa shape index (κ1) is 22.1. The number of nitrogens with one attached hydrogen (secondary N) is 2. The van der Waals surface area contributed by atoms with E-state index in [4.69, 9.17) is 19.7 Å². The summed E-state index contributed by atoms with van der Waals surface area (Å²) in [4.78, 5) is 31.3. The number of anilines is 1. The van der Waals surface area contributed by atoms with E-state index in [0.29, 0.717) is 22.8 Å². The van der Waals surface area contributed by atoms with E-state index in [1.165, 1.54) is 10.5 Å². The van der Waals surface area contributed by atoms with Crippen LogP contribution in [0.3, 0.4) is 0 Å². The zero-order chi connectivity index (χ0) is 24.7. The number of aromatic nitrogens is 4. The van der Waals surface area contributed by atoms with Crippen LogP contribution in [0.2, 0.25) is 0 Å². The molecule has 5 aromatic rings. The Hall–Kier alpha value is -4.73. The number of carbonyl (C=O) groups excluding carboxylic acids is 1. The number of ether oxygens (including phenoxy) is 1. The Kier molecular flexibility index (Phi) is 5.40. The molecule has 0 saturated carbocycles. The van der Waals surface area contributed by atoms with E-state index >= 15 is 0 Å². The summed E-state index contributed by atoms with van der Waals surface area (Å²) in [5, 5.41) is 15.5. The van der Waals surface area contributed by atoms with E-state index in [9.17, 15) is 9.59 Å². The Balaban J connectivity index is 1.74. The first-order valence-electron chi connectivity index (χ1n) is 10.8. The van der Waals surface area contributed by atoms with Gasteiger partial charge in [-0.15, -0.1) is 0 Å².